The highest BCUT2D eigenvalue weighted by atomic mass is 79.9. The van der Waals surface area contributed by atoms with Gasteiger partial charge in [0.1, 0.15) is 11.6 Å². The van der Waals surface area contributed by atoms with Crippen molar-refractivity contribution in [1.29, 1.82) is 0 Å². The molecular weight excluding hydrogens is 327 g/mol. The fourth-order valence-corrected chi connectivity index (χ4v) is 3.85. The standard InChI is InChI=1S/C12H9BrClFOS/c1-16-9-4-2-3-8(15)10(9)11(13)12-7(14)5-6-17-12/h2-6,11H,1H3. The molecule has 2 aromatic rings. The van der Waals surface area contributed by atoms with E-state index in [-0.39, 0.29) is 10.6 Å². The van der Waals surface area contributed by atoms with Gasteiger partial charge in [0.05, 0.1) is 17.0 Å². The Morgan fingerprint density at radius 2 is 2.18 bits per heavy atom. The van der Waals surface area contributed by atoms with Gasteiger partial charge >= 0.3 is 0 Å². The van der Waals surface area contributed by atoms with Gasteiger partial charge in [0.25, 0.3) is 0 Å². The molecule has 17 heavy (non-hydrogen) atoms. The molecule has 0 fully saturated rings. The Hall–Kier alpha value is -0.580. The van der Waals surface area contributed by atoms with E-state index in [0.717, 1.165) is 4.88 Å². The first-order chi connectivity index (χ1) is 8.15. The Balaban J connectivity index is 2.50. The van der Waals surface area contributed by atoms with Crippen LogP contribution in [-0.4, -0.2) is 7.11 Å². The first-order valence-corrected chi connectivity index (χ1v) is 7.02. The van der Waals surface area contributed by atoms with Gasteiger partial charge in [-0.1, -0.05) is 33.6 Å². The number of benzene rings is 1. The molecule has 90 valence electrons. The quantitative estimate of drug-likeness (QED) is 0.715. The van der Waals surface area contributed by atoms with Gasteiger partial charge in [0.2, 0.25) is 0 Å². The SMILES string of the molecule is COc1cccc(F)c1C(Br)c1sccc1Cl. The monoisotopic (exact) mass is 334 g/mol. The molecule has 0 aliphatic heterocycles. The molecule has 0 amide bonds. The van der Waals surface area contributed by atoms with Crippen molar-refractivity contribution < 1.29 is 9.13 Å². The van der Waals surface area contributed by atoms with Crippen molar-refractivity contribution in [3.05, 3.63) is 50.9 Å². The Morgan fingerprint density at radius 3 is 2.76 bits per heavy atom. The van der Waals surface area contributed by atoms with Crippen LogP contribution in [0.15, 0.2) is 29.6 Å². The highest BCUT2D eigenvalue weighted by Crippen LogP contribution is 2.43. The summed E-state index contributed by atoms with van der Waals surface area (Å²) in [5.74, 6) is 0.201. The molecule has 0 saturated heterocycles. The lowest BCUT2D eigenvalue weighted by atomic mass is 10.1. The first-order valence-electron chi connectivity index (χ1n) is 4.84. The van der Waals surface area contributed by atoms with Gasteiger partial charge in [0, 0.05) is 10.4 Å². The minimum absolute atomic E-state index is 0.300. The third-order valence-corrected chi connectivity index (χ3v) is 5.00. The second kappa shape index (κ2) is 5.38. The fraction of sp³-hybridized carbons (Fsp3) is 0.167. The Bertz CT molecular complexity index is 529. The first kappa shape index (κ1) is 12.9. The molecular formula is C12H9BrClFOS. The summed E-state index contributed by atoms with van der Waals surface area (Å²) < 4.78 is 19.0. The second-order valence-corrected chi connectivity index (χ2v) is 5.62. The molecule has 0 saturated carbocycles. The van der Waals surface area contributed by atoms with Gasteiger partial charge in [-0.15, -0.1) is 11.3 Å². The molecule has 0 aliphatic rings. The van der Waals surface area contributed by atoms with Crippen molar-refractivity contribution in [2.24, 2.45) is 0 Å². The third-order valence-electron chi connectivity index (χ3n) is 2.36. The van der Waals surface area contributed by atoms with Crippen LogP contribution in [0.4, 0.5) is 4.39 Å². The van der Waals surface area contributed by atoms with Crippen LogP contribution in [0.1, 0.15) is 15.3 Å². The summed E-state index contributed by atoms with van der Waals surface area (Å²) in [6.45, 7) is 0. The van der Waals surface area contributed by atoms with Crippen LogP contribution in [0.2, 0.25) is 5.02 Å². The van der Waals surface area contributed by atoms with E-state index < -0.39 is 0 Å². The maximum absolute atomic E-state index is 13.9. The average molecular weight is 336 g/mol. The van der Waals surface area contributed by atoms with E-state index >= 15 is 0 Å². The minimum atomic E-state index is -0.310. The predicted octanol–water partition coefficient (Wildman–Crippen LogP) is 5.03. The van der Waals surface area contributed by atoms with Crippen LogP contribution in [0.5, 0.6) is 5.75 Å². The van der Waals surface area contributed by atoms with E-state index in [0.29, 0.717) is 16.3 Å². The van der Waals surface area contributed by atoms with Gasteiger partial charge in [-0.25, -0.2) is 4.39 Å². The number of alkyl halides is 1. The van der Waals surface area contributed by atoms with Crippen LogP contribution >= 0.6 is 38.9 Å². The van der Waals surface area contributed by atoms with Gasteiger partial charge in [-0.2, -0.15) is 0 Å². The summed E-state index contributed by atoms with van der Waals surface area (Å²) in [7, 11) is 1.52. The fourth-order valence-electron chi connectivity index (χ4n) is 1.56. The molecule has 0 aliphatic carbocycles. The zero-order valence-electron chi connectivity index (χ0n) is 8.91. The predicted molar refractivity (Wildman–Crippen MR) is 73.1 cm³/mol. The summed E-state index contributed by atoms with van der Waals surface area (Å²) in [5, 5.41) is 2.50. The van der Waals surface area contributed by atoms with Crippen molar-refractivity contribution in [3.8, 4) is 5.75 Å². The maximum Gasteiger partial charge on any atom is 0.131 e. The van der Waals surface area contributed by atoms with E-state index in [1.807, 2.05) is 5.38 Å². The van der Waals surface area contributed by atoms with Gasteiger partial charge in [0.15, 0.2) is 0 Å². The van der Waals surface area contributed by atoms with E-state index in [1.165, 1.54) is 24.5 Å². The number of methoxy groups -OCH3 is 1. The number of ether oxygens (including phenoxy) is 1. The largest absolute Gasteiger partial charge is 0.496 e. The highest BCUT2D eigenvalue weighted by Gasteiger charge is 2.22. The molecule has 0 radical (unpaired) electrons. The van der Waals surface area contributed by atoms with Crippen molar-refractivity contribution in [2.45, 2.75) is 4.83 Å². The number of rotatable bonds is 3. The molecule has 0 spiro atoms. The van der Waals surface area contributed by atoms with Crippen LogP contribution in [-0.2, 0) is 0 Å². The molecule has 2 rings (SSSR count). The summed E-state index contributed by atoms with van der Waals surface area (Å²) in [6, 6.07) is 6.55. The highest BCUT2D eigenvalue weighted by molar-refractivity contribution is 9.09. The number of hydrogen-bond donors (Lipinski definition) is 0. The van der Waals surface area contributed by atoms with Crippen LogP contribution in [0.25, 0.3) is 0 Å². The molecule has 1 atom stereocenters. The van der Waals surface area contributed by atoms with Crippen molar-refractivity contribution in [1.82, 2.24) is 0 Å². The summed E-state index contributed by atoms with van der Waals surface area (Å²) in [4.78, 5) is 0.571. The topological polar surface area (TPSA) is 9.23 Å². The van der Waals surface area contributed by atoms with Crippen molar-refractivity contribution >= 4 is 38.9 Å². The lowest BCUT2D eigenvalue weighted by Crippen LogP contribution is -1.99. The zero-order valence-corrected chi connectivity index (χ0v) is 12.1. The van der Waals surface area contributed by atoms with Gasteiger partial charge < -0.3 is 4.74 Å². The molecule has 5 heteroatoms. The molecule has 1 aromatic carbocycles. The number of halogens is 3. The summed E-state index contributed by atoms with van der Waals surface area (Å²) >= 11 is 11.0. The Morgan fingerprint density at radius 1 is 1.41 bits per heavy atom. The Kier molecular flexibility index (Phi) is 4.07. The Labute approximate surface area is 116 Å². The molecule has 1 unspecified atom stereocenters. The van der Waals surface area contributed by atoms with Crippen molar-refractivity contribution in [3.63, 3.8) is 0 Å². The normalized spacial score (nSPS) is 12.5. The van der Waals surface area contributed by atoms with Crippen LogP contribution in [0.3, 0.4) is 0 Å². The average Bonchev–Trinajstić information content (AvgIpc) is 2.74. The lowest BCUT2D eigenvalue weighted by molar-refractivity contribution is 0.405. The molecule has 0 bridgehead atoms. The van der Waals surface area contributed by atoms with E-state index in [4.69, 9.17) is 16.3 Å². The van der Waals surface area contributed by atoms with E-state index in [2.05, 4.69) is 15.9 Å². The molecule has 1 aromatic heterocycles. The van der Waals surface area contributed by atoms with E-state index in [9.17, 15) is 4.39 Å². The maximum atomic E-state index is 13.9. The second-order valence-electron chi connectivity index (χ2n) is 3.35. The van der Waals surface area contributed by atoms with Gasteiger partial charge in [-0.05, 0) is 23.6 Å². The summed E-state index contributed by atoms with van der Waals surface area (Å²) in [6.07, 6.45) is 0. The third kappa shape index (κ3) is 2.49. The number of thiophene rings is 1. The molecule has 0 N–H and O–H groups in total. The number of hydrogen-bond acceptors (Lipinski definition) is 2. The van der Waals surface area contributed by atoms with Crippen molar-refractivity contribution in [2.75, 3.05) is 7.11 Å². The zero-order chi connectivity index (χ0) is 12.4. The van der Waals surface area contributed by atoms with E-state index in [1.54, 1.807) is 18.2 Å². The smallest absolute Gasteiger partial charge is 0.131 e. The minimum Gasteiger partial charge on any atom is -0.496 e. The summed E-state index contributed by atoms with van der Waals surface area (Å²) in [5.41, 5.74) is 0.472. The van der Waals surface area contributed by atoms with Crippen LogP contribution < -0.4 is 4.74 Å². The van der Waals surface area contributed by atoms with Gasteiger partial charge in [-0.3, -0.25) is 0 Å². The lowest BCUT2D eigenvalue weighted by Gasteiger charge is -2.14. The molecule has 1 heterocycles. The molecule has 1 nitrogen and oxygen atoms in total. The van der Waals surface area contributed by atoms with Crippen LogP contribution in [0, 0.1) is 5.82 Å².